The molecule has 1 heterocycles. The normalized spacial score (nSPS) is 29.3. The minimum atomic E-state index is -0.463. The lowest BCUT2D eigenvalue weighted by molar-refractivity contribution is -0.151. The minimum absolute atomic E-state index is 0.0509. The summed E-state index contributed by atoms with van der Waals surface area (Å²) in [7, 11) is 0. The Balaban J connectivity index is 2.07. The molecule has 1 saturated carbocycles. The number of carbonyl (C=O) groups excluding carboxylic acids is 1. The van der Waals surface area contributed by atoms with Crippen LogP contribution < -0.4 is 5.32 Å². The molecule has 0 amide bonds. The van der Waals surface area contributed by atoms with E-state index in [2.05, 4.69) is 24.1 Å². The first-order valence-electron chi connectivity index (χ1n) is 7.76. The van der Waals surface area contributed by atoms with Crippen molar-refractivity contribution >= 4 is 5.97 Å². The molecule has 110 valence electrons. The second kappa shape index (κ2) is 6.23. The van der Waals surface area contributed by atoms with E-state index < -0.39 is 5.54 Å². The van der Waals surface area contributed by atoms with Crippen molar-refractivity contribution in [3.8, 4) is 0 Å². The summed E-state index contributed by atoms with van der Waals surface area (Å²) in [6.07, 6.45) is 5.83. The van der Waals surface area contributed by atoms with Crippen LogP contribution in [0.4, 0.5) is 0 Å². The van der Waals surface area contributed by atoms with Gasteiger partial charge in [0.2, 0.25) is 0 Å². The molecule has 4 heteroatoms. The zero-order chi connectivity index (χ0) is 13.9. The van der Waals surface area contributed by atoms with Gasteiger partial charge in [0, 0.05) is 25.2 Å². The van der Waals surface area contributed by atoms with Crippen molar-refractivity contribution in [3.05, 3.63) is 0 Å². The van der Waals surface area contributed by atoms with Gasteiger partial charge in [0.25, 0.3) is 0 Å². The zero-order valence-electron chi connectivity index (χ0n) is 12.6. The van der Waals surface area contributed by atoms with Crippen LogP contribution in [0.1, 0.15) is 52.9 Å². The molecule has 0 aromatic rings. The van der Waals surface area contributed by atoms with Crippen LogP contribution >= 0.6 is 0 Å². The molecule has 1 unspecified atom stereocenters. The van der Waals surface area contributed by atoms with Gasteiger partial charge in [-0.1, -0.05) is 12.8 Å². The molecule has 2 aliphatic rings. The second-order valence-electron chi connectivity index (χ2n) is 6.24. The number of carbonyl (C=O) groups is 1. The number of hydrogen-bond acceptors (Lipinski definition) is 4. The predicted molar refractivity (Wildman–Crippen MR) is 76.1 cm³/mol. The molecule has 1 saturated heterocycles. The maximum atomic E-state index is 12.4. The lowest BCUT2D eigenvalue weighted by Gasteiger charge is -2.32. The summed E-state index contributed by atoms with van der Waals surface area (Å²) in [4.78, 5) is 14.8. The molecule has 0 aromatic heterocycles. The molecule has 1 N–H and O–H groups in total. The fourth-order valence-electron chi connectivity index (χ4n) is 3.35. The largest absolute Gasteiger partial charge is 0.465 e. The van der Waals surface area contributed by atoms with Gasteiger partial charge in [-0.15, -0.1) is 0 Å². The van der Waals surface area contributed by atoms with E-state index in [-0.39, 0.29) is 5.97 Å². The summed E-state index contributed by atoms with van der Waals surface area (Å²) in [5, 5.41) is 3.64. The number of hydrogen-bond donors (Lipinski definition) is 1. The van der Waals surface area contributed by atoms with Crippen LogP contribution in [-0.2, 0) is 9.53 Å². The molecule has 1 atom stereocenters. The van der Waals surface area contributed by atoms with Crippen molar-refractivity contribution < 1.29 is 9.53 Å². The molecule has 2 fully saturated rings. The summed E-state index contributed by atoms with van der Waals surface area (Å²) < 4.78 is 5.34. The van der Waals surface area contributed by atoms with E-state index in [1.165, 1.54) is 25.7 Å². The van der Waals surface area contributed by atoms with Gasteiger partial charge in [-0.25, -0.2) is 4.79 Å². The average Bonchev–Trinajstić information content (AvgIpc) is 3.00. The van der Waals surface area contributed by atoms with Crippen LogP contribution in [0.5, 0.6) is 0 Å². The third-order valence-electron chi connectivity index (χ3n) is 4.53. The molecular weight excluding hydrogens is 240 g/mol. The fourth-order valence-corrected chi connectivity index (χ4v) is 3.35. The molecule has 0 bridgehead atoms. The Kier molecular flexibility index (Phi) is 4.85. The number of nitrogens with one attached hydrogen (secondary N) is 1. The Labute approximate surface area is 116 Å². The molecule has 0 aromatic carbocycles. The van der Waals surface area contributed by atoms with Crippen LogP contribution in [0.15, 0.2) is 0 Å². The maximum Gasteiger partial charge on any atom is 0.327 e. The Morgan fingerprint density at radius 1 is 1.42 bits per heavy atom. The van der Waals surface area contributed by atoms with Crippen LogP contribution in [0, 0.1) is 0 Å². The highest BCUT2D eigenvalue weighted by Gasteiger charge is 2.47. The number of ether oxygens (including phenoxy) is 1. The molecule has 2 rings (SSSR count). The second-order valence-corrected chi connectivity index (χ2v) is 6.24. The van der Waals surface area contributed by atoms with Crippen molar-refractivity contribution in [2.45, 2.75) is 70.5 Å². The first-order valence-corrected chi connectivity index (χ1v) is 7.76. The van der Waals surface area contributed by atoms with Gasteiger partial charge in [-0.05, 0) is 40.0 Å². The Morgan fingerprint density at radius 2 is 2.11 bits per heavy atom. The third-order valence-corrected chi connectivity index (χ3v) is 4.53. The summed E-state index contributed by atoms with van der Waals surface area (Å²) >= 11 is 0. The molecule has 4 nitrogen and oxygen atoms in total. The highest BCUT2D eigenvalue weighted by atomic mass is 16.5. The SMILES string of the molecule is CCOC(=O)C1(NC2CCCC2)CCN(C(C)C)C1. The van der Waals surface area contributed by atoms with Crippen LogP contribution in [-0.4, -0.2) is 48.2 Å². The fraction of sp³-hybridized carbons (Fsp3) is 0.933. The topological polar surface area (TPSA) is 41.6 Å². The van der Waals surface area contributed by atoms with E-state index in [0.29, 0.717) is 18.7 Å². The van der Waals surface area contributed by atoms with E-state index in [0.717, 1.165) is 19.5 Å². The monoisotopic (exact) mass is 268 g/mol. The van der Waals surface area contributed by atoms with E-state index in [9.17, 15) is 4.79 Å². The minimum Gasteiger partial charge on any atom is -0.465 e. The number of esters is 1. The van der Waals surface area contributed by atoms with Crippen molar-refractivity contribution in [3.63, 3.8) is 0 Å². The smallest absolute Gasteiger partial charge is 0.327 e. The van der Waals surface area contributed by atoms with Gasteiger partial charge < -0.3 is 4.74 Å². The van der Waals surface area contributed by atoms with Crippen LogP contribution in [0.2, 0.25) is 0 Å². The number of likely N-dealkylation sites (tertiary alicyclic amines) is 1. The van der Waals surface area contributed by atoms with Gasteiger partial charge in [-0.2, -0.15) is 0 Å². The Morgan fingerprint density at radius 3 is 2.63 bits per heavy atom. The van der Waals surface area contributed by atoms with E-state index >= 15 is 0 Å². The third kappa shape index (κ3) is 3.29. The van der Waals surface area contributed by atoms with Crippen LogP contribution in [0.3, 0.4) is 0 Å². The lowest BCUT2D eigenvalue weighted by Crippen LogP contribution is -2.58. The standard InChI is InChI=1S/C15H28N2O2/c1-4-19-14(18)15(16-13-7-5-6-8-13)9-10-17(11-15)12(2)3/h12-13,16H,4-11H2,1-3H3. The van der Waals surface area contributed by atoms with Gasteiger partial charge in [-0.3, -0.25) is 10.2 Å². The Hall–Kier alpha value is -0.610. The number of nitrogens with zero attached hydrogens (tertiary/aromatic N) is 1. The van der Waals surface area contributed by atoms with Gasteiger partial charge in [0.1, 0.15) is 5.54 Å². The van der Waals surface area contributed by atoms with Gasteiger partial charge >= 0.3 is 5.97 Å². The predicted octanol–water partition coefficient (Wildman–Crippen LogP) is 1.93. The maximum absolute atomic E-state index is 12.4. The van der Waals surface area contributed by atoms with E-state index in [4.69, 9.17) is 4.74 Å². The molecule has 0 spiro atoms. The summed E-state index contributed by atoms with van der Waals surface area (Å²) in [6, 6.07) is 0.984. The highest BCUT2D eigenvalue weighted by molar-refractivity contribution is 5.81. The zero-order valence-corrected chi connectivity index (χ0v) is 12.6. The molecule has 1 aliphatic carbocycles. The summed E-state index contributed by atoms with van der Waals surface area (Å²) in [5.74, 6) is -0.0509. The lowest BCUT2D eigenvalue weighted by atomic mass is 9.96. The van der Waals surface area contributed by atoms with Crippen LogP contribution in [0.25, 0.3) is 0 Å². The van der Waals surface area contributed by atoms with Crippen molar-refractivity contribution in [1.82, 2.24) is 10.2 Å². The molecule has 19 heavy (non-hydrogen) atoms. The van der Waals surface area contributed by atoms with E-state index in [1.807, 2.05) is 6.92 Å². The first-order chi connectivity index (χ1) is 9.07. The van der Waals surface area contributed by atoms with Gasteiger partial charge in [0.05, 0.1) is 6.61 Å². The molecular formula is C15H28N2O2. The quantitative estimate of drug-likeness (QED) is 0.774. The van der Waals surface area contributed by atoms with Crippen molar-refractivity contribution in [1.29, 1.82) is 0 Å². The summed E-state index contributed by atoms with van der Waals surface area (Å²) in [6.45, 7) is 8.51. The average molecular weight is 268 g/mol. The molecule has 0 radical (unpaired) electrons. The van der Waals surface area contributed by atoms with Gasteiger partial charge in [0.15, 0.2) is 0 Å². The van der Waals surface area contributed by atoms with E-state index in [1.54, 1.807) is 0 Å². The number of rotatable bonds is 5. The van der Waals surface area contributed by atoms with Crippen molar-refractivity contribution in [2.75, 3.05) is 19.7 Å². The Bertz CT molecular complexity index is 313. The summed E-state index contributed by atoms with van der Waals surface area (Å²) in [5.41, 5.74) is -0.463. The highest BCUT2D eigenvalue weighted by Crippen LogP contribution is 2.28. The first kappa shape index (κ1) is 14.8. The molecule has 1 aliphatic heterocycles. The van der Waals surface area contributed by atoms with Crippen molar-refractivity contribution in [2.24, 2.45) is 0 Å².